The molecule has 0 atom stereocenters. The summed E-state index contributed by atoms with van der Waals surface area (Å²) in [6.45, 7) is 0.827. The van der Waals surface area contributed by atoms with Crippen LogP contribution in [-0.4, -0.2) is 28.2 Å². The average Bonchev–Trinajstić information content (AvgIpc) is 2.91. The van der Waals surface area contributed by atoms with Gasteiger partial charge < -0.3 is 10.0 Å². The largest absolute Gasteiger partial charge is 0.395 e. The van der Waals surface area contributed by atoms with E-state index in [2.05, 4.69) is 4.98 Å². The third-order valence-corrected chi connectivity index (χ3v) is 3.65. The molecular weight excluding hydrogens is 302 g/mol. The quantitative estimate of drug-likeness (QED) is 0.655. The number of nitro groups is 1. The maximum Gasteiger partial charge on any atom is 0.289 e. The number of pyridine rings is 1. The van der Waals surface area contributed by atoms with E-state index in [0.717, 1.165) is 5.56 Å². The van der Waals surface area contributed by atoms with Crippen molar-refractivity contribution in [2.45, 2.75) is 6.54 Å². The summed E-state index contributed by atoms with van der Waals surface area (Å²) < 4.78 is 0. The standard InChI is InChI=1S/C12H12ClN3O3S/c13-11-5-10(16(18)19)6-14-12(11)15(2-3-17)7-9-1-4-20-8-9/h1,4-6,8,17H,2-3,7H2. The van der Waals surface area contributed by atoms with Crippen LogP contribution in [0.25, 0.3) is 0 Å². The minimum atomic E-state index is -0.544. The highest BCUT2D eigenvalue weighted by molar-refractivity contribution is 7.07. The summed E-state index contributed by atoms with van der Waals surface area (Å²) >= 11 is 7.63. The second-order valence-electron chi connectivity index (χ2n) is 4.03. The highest BCUT2D eigenvalue weighted by Crippen LogP contribution is 2.28. The van der Waals surface area contributed by atoms with E-state index in [4.69, 9.17) is 16.7 Å². The molecule has 0 aliphatic heterocycles. The van der Waals surface area contributed by atoms with Crippen LogP contribution in [0.15, 0.2) is 29.1 Å². The molecule has 2 aromatic rings. The van der Waals surface area contributed by atoms with Crippen molar-refractivity contribution in [2.24, 2.45) is 0 Å². The molecule has 8 heteroatoms. The van der Waals surface area contributed by atoms with Crippen LogP contribution in [-0.2, 0) is 6.54 Å². The molecule has 0 fully saturated rings. The first-order chi connectivity index (χ1) is 9.61. The van der Waals surface area contributed by atoms with Crippen molar-refractivity contribution in [2.75, 3.05) is 18.1 Å². The summed E-state index contributed by atoms with van der Waals surface area (Å²) in [7, 11) is 0. The number of anilines is 1. The van der Waals surface area contributed by atoms with Crippen LogP contribution in [0.1, 0.15) is 5.56 Å². The highest BCUT2D eigenvalue weighted by atomic mass is 35.5. The number of rotatable bonds is 6. The van der Waals surface area contributed by atoms with Gasteiger partial charge in [0.15, 0.2) is 0 Å². The normalized spacial score (nSPS) is 10.5. The molecule has 0 amide bonds. The van der Waals surface area contributed by atoms with Crippen molar-refractivity contribution in [1.29, 1.82) is 0 Å². The fourth-order valence-electron chi connectivity index (χ4n) is 1.74. The molecule has 0 saturated heterocycles. The molecule has 0 radical (unpaired) electrons. The third-order valence-electron chi connectivity index (χ3n) is 2.64. The van der Waals surface area contributed by atoms with E-state index < -0.39 is 4.92 Å². The summed E-state index contributed by atoms with van der Waals surface area (Å²) in [5.74, 6) is 0.428. The van der Waals surface area contributed by atoms with E-state index >= 15 is 0 Å². The van der Waals surface area contributed by atoms with E-state index in [-0.39, 0.29) is 17.3 Å². The summed E-state index contributed by atoms with van der Waals surface area (Å²) in [5, 5.41) is 24.0. The zero-order chi connectivity index (χ0) is 14.5. The van der Waals surface area contributed by atoms with Gasteiger partial charge in [0, 0.05) is 19.2 Å². The van der Waals surface area contributed by atoms with E-state index in [1.807, 2.05) is 16.8 Å². The maximum absolute atomic E-state index is 10.7. The molecule has 106 valence electrons. The second-order valence-corrected chi connectivity index (χ2v) is 5.22. The lowest BCUT2D eigenvalue weighted by molar-refractivity contribution is -0.385. The first-order valence-electron chi connectivity index (χ1n) is 5.78. The predicted molar refractivity (Wildman–Crippen MR) is 78.4 cm³/mol. The molecule has 0 aliphatic rings. The molecule has 0 aromatic carbocycles. The van der Waals surface area contributed by atoms with Gasteiger partial charge in [-0.3, -0.25) is 10.1 Å². The lowest BCUT2D eigenvalue weighted by atomic mass is 10.3. The second kappa shape index (κ2) is 6.65. The summed E-state index contributed by atoms with van der Waals surface area (Å²) in [6.07, 6.45) is 1.17. The van der Waals surface area contributed by atoms with Gasteiger partial charge in [-0.1, -0.05) is 11.6 Å². The topological polar surface area (TPSA) is 79.5 Å². The van der Waals surface area contributed by atoms with Gasteiger partial charge in [0.05, 0.1) is 16.6 Å². The Morgan fingerprint density at radius 3 is 2.90 bits per heavy atom. The lowest BCUT2D eigenvalue weighted by Gasteiger charge is -2.23. The number of aromatic nitrogens is 1. The van der Waals surface area contributed by atoms with Gasteiger partial charge in [0.1, 0.15) is 12.0 Å². The van der Waals surface area contributed by atoms with Crippen molar-refractivity contribution >= 4 is 34.4 Å². The van der Waals surface area contributed by atoms with Gasteiger partial charge in [0.25, 0.3) is 5.69 Å². The number of aliphatic hydroxyl groups excluding tert-OH is 1. The average molecular weight is 314 g/mol. The molecular formula is C12H12ClN3O3S. The van der Waals surface area contributed by atoms with E-state index in [1.165, 1.54) is 12.3 Å². The van der Waals surface area contributed by atoms with Crippen molar-refractivity contribution in [1.82, 2.24) is 4.98 Å². The molecule has 0 saturated carbocycles. The third kappa shape index (κ3) is 3.44. The van der Waals surface area contributed by atoms with Gasteiger partial charge in [-0.2, -0.15) is 11.3 Å². The number of nitrogens with zero attached hydrogens (tertiary/aromatic N) is 3. The smallest absolute Gasteiger partial charge is 0.289 e. The fourth-order valence-corrected chi connectivity index (χ4v) is 2.68. The van der Waals surface area contributed by atoms with E-state index in [9.17, 15) is 10.1 Å². The lowest BCUT2D eigenvalue weighted by Crippen LogP contribution is -2.27. The van der Waals surface area contributed by atoms with Gasteiger partial charge in [-0.25, -0.2) is 4.98 Å². The molecule has 0 unspecified atom stereocenters. The van der Waals surface area contributed by atoms with Crippen molar-refractivity contribution in [3.05, 3.63) is 49.8 Å². The Morgan fingerprint density at radius 2 is 2.35 bits per heavy atom. The van der Waals surface area contributed by atoms with Crippen LogP contribution < -0.4 is 4.90 Å². The number of thiophene rings is 1. The summed E-state index contributed by atoms with van der Waals surface area (Å²) in [5.41, 5.74) is 0.915. The van der Waals surface area contributed by atoms with Gasteiger partial charge >= 0.3 is 0 Å². The van der Waals surface area contributed by atoms with Crippen LogP contribution >= 0.6 is 22.9 Å². The Balaban J connectivity index is 2.26. The summed E-state index contributed by atoms with van der Waals surface area (Å²) in [4.78, 5) is 16.0. The molecule has 0 spiro atoms. The van der Waals surface area contributed by atoms with Crippen LogP contribution in [0.3, 0.4) is 0 Å². The van der Waals surface area contributed by atoms with Gasteiger partial charge in [0.2, 0.25) is 0 Å². The zero-order valence-corrected chi connectivity index (χ0v) is 12.0. The minimum Gasteiger partial charge on any atom is -0.395 e. The fraction of sp³-hybridized carbons (Fsp3) is 0.250. The molecule has 0 aliphatic carbocycles. The predicted octanol–water partition coefficient (Wildman–Crippen LogP) is 2.70. The van der Waals surface area contributed by atoms with Crippen LogP contribution in [0, 0.1) is 10.1 Å². The molecule has 2 heterocycles. The molecule has 2 rings (SSSR count). The number of hydrogen-bond donors (Lipinski definition) is 1. The first kappa shape index (κ1) is 14.7. The first-order valence-corrected chi connectivity index (χ1v) is 7.10. The van der Waals surface area contributed by atoms with Crippen molar-refractivity contribution in [3.8, 4) is 0 Å². The number of hydrogen-bond acceptors (Lipinski definition) is 6. The Morgan fingerprint density at radius 1 is 1.55 bits per heavy atom. The highest BCUT2D eigenvalue weighted by Gasteiger charge is 2.16. The Bertz CT molecular complexity index is 592. The molecule has 1 N–H and O–H groups in total. The van der Waals surface area contributed by atoms with Crippen molar-refractivity contribution in [3.63, 3.8) is 0 Å². The van der Waals surface area contributed by atoms with Gasteiger partial charge in [-0.05, 0) is 22.4 Å². The Hall–Kier alpha value is -1.70. The SMILES string of the molecule is O=[N+]([O-])c1cnc(N(CCO)Cc2ccsc2)c(Cl)c1. The van der Waals surface area contributed by atoms with Gasteiger partial charge in [-0.15, -0.1) is 0 Å². The van der Waals surface area contributed by atoms with Crippen LogP contribution in [0.5, 0.6) is 0 Å². The maximum atomic E-state index is 10.7. The minimum absolute atomic E-state index is 0.0564. The van der Waals surface area contributed by atoms with E-state index in [0.29, 0.717) is 18.9 Å². The summed E-state index contributed by atoms with van der Waals surface area (Å²) in [6, 6.07) is 3.23. The Labute approximate surface area is 124 Å². The van der Waals surface area contributed by atoms with Crippen LogP contribution in [0.2, 0.25) is 5.02 Å². The number of halogens is 1. The molecule has 6 nitrogen and oxygen atoms in total. The molecule has 20 heavy (non-hydrogen) atoms. The zero-order valence-electron chi connectivity index (χ0n) is 10.4. The van der Waals surface area contributed by atoms with Crippen LogP contribution in [0.4, 0.5) is 11.5 Å². The van der Waals surface area contributed by atoms with E-state index in [1.54, 1.807) is 16.2 Å². The Kier molecular flexibility index (Phi) is 4.89. The molecule has 0 bridgehead atoms. The number of aliphatic hydroxyl groups is 1. The molecule has 2 aromatic heterocycles. The van der Waals surface area contributed by atoms with Crippen molar-refractivity contribution < 1.29 is 10.0 Å². The monoisotopic (exact) mass is 313 g/mol.